The van der Waals surface area contributed by atoms with E-state index in [1.54, 1.807) is 0 Å². The smallest absolute Gasteiger partial charge is 0.212 e. The highest BCUT2D eigenvalue weighted by Gasteiger charge is 2.13. The van der Waals surface area contributed by atoms with Crippen molar-refractivity contribution in [2.45, 2.75) is 46.0 Å². The van der Waals surface area contributed by atoms with Crippen LogP contribution in [-0.4, -0.2) is 6.41 Å². The molecule has 0 spiro atoms. The van der Waals surface area contributed by atoms with E-state index >= 15 is 0 Å². The molecule has 17 heavy (non-hydrogen) atoms. The van der Waals surface area contributed by atoms with Crippen LogP contribution in [0.1, 0.15) is 48.6 Å². The molecule has 1 rings (SSSR count). The van der Waals surface area contributed by atoms with Gasteiger partial charge in [0.1, 0.15) is 11.1 Å². The van der Waals surface area contributed by atoms with Crippen molar-refractivity contribution in [2.75, 3.05) is 5.32 Å². The summed E-state index contributed by atoms with van der Waals surface area (Å²) in [4.78, 5) is 11.7. The number of nitrogens with zero attached hydrogens (tertiary/aromatic N) is 1. The Kier molecular flexibility index (Phi) is 5.71. The standard InChI is InChI=1S/C13H18N2OS/c1-3-4-5-6-7-12-10(2)11(8-14)13(17-12)15-9-16/h9H,3-7H2,1-2H3,(H,15,16). The Balaban J connectivity index is 2.72. The number of hydrogen-bond donors (Lipinski definition) is 1. The third-order valence-electron chi connectivity index (χ3n) is 2.80. The van der Waals surface area contributed by atoms with Gasteiger partial charge in [-0.3, -0.25) is 4.79 Å². The SMILES string of the molecule is CCCCCCc1sc(NC=O)c(C#N)c1C. The number of unbranched alkanes of at least 4 members (excludes halogenated alkanes) is 3. The van der Waals surface area contributed by atoms with Gasteiger partial charge in [-0.25, -0.2) is 0 Å². The van der Waals surface area contributed by atoms with E-state index in [9.17, 15) is 4.79 Å². The number of amides is 1. The van der Waals surface area contributed by atoms with Crippen LogP contribution in [0.15, 0.2) is 0 Å². The average molecular weight is 250 g/mol. The van der Waals surface area contributed by atoms with Crippen molar-refractivity contribution < 1.29 is 4.79 Å². The van der Waals surface area contributed by atoms with Crippen molar-refractivity contribution in [1.29, 1.82) is 5.26 Å². The zero-order chi connectivity index (χ0) is 12.7. The molecule has 4 heteroatoms. The van der Waals surface area contributed by atoms with Gasteiger partial charge in [0, 0.05) is 4.88 Å². The first kappa shape index (κ1) is 13.7. The van der Waals surface area contributed by atoms with E-state index < -0.39 is 0 Å². The summed E-state index contributed by atoms with van der Waals surface area (Å²) in [5, 5.41) is 12.3. The fourth-order valence-corrected chi connectivity index (χ4v) is 2.96. The topological polar surface area (TPSA) is 52.9 Å². The summed E-state index contributed by atoms with van der Waals surface area (Å²) < 4.78 is 0. The molecular formula is C13H18N2OS. The molecule has 92 valence electrons. The van der Waals surface area contributed by atoms with E-state index in [0.29, 0.717) is 17.0 Å². The lowest BCUT2D eigenvalue weighted by Crippen LogP contribution is -1.92. The zero-order valence-corrected chi connectivity index (χ0v) is 11.2. The van der Waals surface area contributed by atoms with Crippen molar-refractivity contribution in [2.24, 2.45) is 0 Å². The maximum atomic E-state index is 10.4. The fourth-order valence-electron chi connectivity index (χ4n) is 1.80. The summed E-state index contributed by atoms with van der Waals surface area (Å²) in [5.41, 5.74) is 1.64. The Morgan fingerprint density at radius 3 is 2.76 bits per heavy atom. The first-order chi connectivity index (χ1) is 8.24. The van der Waals surface area contributed by atoms with Gasteiger partial charge >= 0.3 is 0 Å². The predicted molar refractivity (Wildman–Crippen MR) is 71.3 cm³/mol. The Hall–Kier alpha value is -1.34. The molecule has 0 unspecified atom stereocenters. The molecule has 3 nitrogen and oxygen atoms in total. The monoisotopic (exact) mass is 250 g/mol. The van der Waals surface area contributed by atoms with Crippen LogP contribution in [0.4, 0.5) is 5.00 Å². The third kappa shape index (κ3) is 3.57. The number of nitriles is 1. The molecule has 1 aromatic heterocycles. The number of rotatable bonds is 7. The molecular weight excluding hydrogens is 232 g/mol. The Bertz CT molecular complexity index is 418. The van der Waals surface area contributed by atoms with Gasteiger partial charge in [-0.05, 0) is 25.3 Å². The largest absolute Gasteiger partial charge is 0.319 e. The van der Waals surface area contributed by atoms with Crippen molar-refractivity contribution in [1.82, 2.24) is 0 Å². The number of aryl methyl sites for hydroxylation is 1. The lowest BCUT2D eigenvalue weighted by Gasteiger charge is -1.99. The van der Waals surface area contributed by atoms with Gasteiger partial charge in [0.25, 0.3) is 0 Å². The normalized spacial score (nSPS) is 9.94. The quantitative estimate of drug-likeness (QED) is 0.593. The van der Waals surface area contributed by atoms with Crippen LogP contribution in [0.3, 0.4) is 0 Å². The first-order valence-corrected chi connectivity index (χ1v) is 6.78. The molecule has 0 saturated heterocycles. The number of carbonyl (C=O) groups is 1. The van der Waals surface area contributed by atoms with E-state index in [1.807, 2.05) is 6.92 Å². The summed E-state index contributed by atoms with van der Waals surface area (Å²) in [7, 11) is 0. The lowest BCUT2D eigenvalue weighted by atomic mass is 10.1. The summed E-state index contributed by atoms with van der Waals surface area (Å²) in [6, 6.07) is 2.16. The lowest BCUT2D eigenvalue weighted by molar-refractivity contribution is -0.105. The molecule has 1 aromatic rings. The van der Waals surface area contributed by atoms with E-state index in [0.717, 1.165) is 18.4 Å². The minimum absolute atomic E-state index is 0.618. The molecule has 0 fully saturated rings. The van der Waals surface area contributed by atoms with Crippen LogP contribution in [0.25, 0.3) is 0 Å². The molecule has 0 aliphatic rings. The number of anilines is 1. The van der Waals surface area contributed by atoms with Gasteiger partial charge in [0.2, 0.25) is 6.41 Å². The molecule has 1 heterocycles. The van der Waals surface area contributed by atoms with Crippen molar-refractivity contribution in [3.05, 3.63) is 16.0 Å². The molecule has 0 saturated carbocycles. The number of hydrogen-bond acceptors (Lipinski definition) is 3. The van der Waals surface area contributed by atoms with Gasteiger partial charge in [-0.1, -0.05) is 26.2 Å². The molecule has 1 N–H and O–H groups in total. The van der Waals surface area contributed by atoms with Gasteiger partial charge in [0.05, 0.1) is 5.56 Å². The minimum atomic E-state index is 0.618. The van der Waals surface area contributed by atoms with Crippen LogP contribution in [0.5, 0.6) is 0 Å². The third-order valence-corrected chi connectivity index (χ3v) is 4.09. The van der Waals surface area contributed by atoms with Gasteiger partial charge in [0.15, 0.2) is 0 Å². The van der Waals surface area contributed by atoms with Crippen LogP contribution in [0, 0.1) is 18.3 Å². The average Bonchev–Trinajstić information content (AvgIpc) is 2.62. The second kappa shape index (κ2) is 7.08. The summed E-state index contributed by atoms with van der Waals surface area (Å²) in [6.45, 7) is 4.15. The maximum absolute atomic E-state index is 10.4. The molecule has 0 aliphatic heterocycles. The van der Waals surface area contributed by atoms with Gasteiger partial charge in [-0.2, -0.15) is 5.26 Å². The highest BCUT2D eigenvalue weighted by Crippen LogP contribution is 2.33. The molecule has 0 radical (unpaired) electrons. The van der Waals surface area contributed by atoms with E-state index in [-0.39, 0.29) is 0 Å². The number of thiophene rings is 1. The predicted octanol–water partition coefficient (Wildman–Crippen LogP) is 3.62. The minimum Gasteiger partial charge on any atom is -0.319 e. The van der Waals surface area contributed by atoms with Crippen LogP contribution < -0.4 is 5.32 Å². The highest BCUT2D eigenvalue weighted by atomic mass is 32.1. The molecule has 1 amide bonds. The van der Waals surface area contributed by atoms with E-state index in [1.165, 1.54) is 35.5 Å². The summed E-state index contributed by atoms with van der Waals surface area (Å²) in [6.07, 6.45) is 6.51. The summed E-state index contributed by atoms with van der Waals surface area (Å²) >= 11 is 1.53. The molecule has 0 bridgehead atoms. The zero-order valence-electron chi connectivity index (χ0n) is 10.4. The Labute approximate surface area is 106 Å². The second-order valence-corrected chi connectivity index (χ2v) is 5.14. The Morgan fingerprint density at radius 2 is 2.18 bits per heavy atom. The van der Waals surface area contributed by atoms with Crippen molar-refractivity contribution >= 4 is 22.7 Å². The first-order valence-electron chi connectivity index (χ1n) is 5.97. The molecule has 0 aromatic carbocycles. The number of carbonyl (C=O) groups excluding carboxylic acids is 1. The van der Waals surface area contributed by atoms with Crippen molar-refractivity contribution in [3.63, 3.8) is 0 Å². The fraction of sp³-hybridized carbons (Fsp3) is 0.538. The van der Waals surface area contributed by atoms with Crippen LogP contribution in [0.2, 0.25) is 0 Å². The highest BCUT2D eigenvalue weighted by molar-refractivity contribution is 7.16. The molecule has 0 aliphatic carbocycles. The molecule has 0 atom stereocenters. The van der Waals surface area contributed by atoms with E-state index in [4.69, 9.17) is 5.26 Å². The Morgan fingerprint density at radius 1 is 1.41 bits per heavy atom. The van der Waals surface area contributed by atoms with Gasteiger partial charge in [-0.15, -0.1) is 11.3 Å². The van der Waals surface area contributed by atoms with Crippen LogP contribution in [-0.2, 0) is 11.2 Å². The van der Waals surface area contributed by atoms with Crippen molar-refractivity contribution in [3.8, 4) is 6.07 Å². The van der Waals surface area contributed by atoms with Gasteiger partial charge < -0.3 is 5.32 Å². The second-order valence-electron chi connectivity index (χ2n) is 4.04. The summed E-state index contributed by atoms with van der Waals surface area (Å²) in [5.74, 6) is 0. The number of nitrogens with one attached hydrogen (secondary N) is 1. The maximum Gasteiger partial charge on any atom is 0.212 e. The van der Waals surface area contributed by atoms with Crippen LogP contribution >= 0.6 is 11.3 Å². The van der Waals surface area contributed by atoms with E-state index in [2.05, 4.69) is 18.3 Å².